The summed E-state index contributed by atoms with van der Waals surface area (Å²) in [6.07, 6.45) is 6.81. The SMILES string of the molecule is C/C=C\SC(C1=NCC(C(=N)/C=C\CC(C)F)=C2CC(N)CN12)C(C)CC. The van der Waals surface area contributed by atoms with Crippen molar-refractivity contribution in [3.8, 4) is 0 Å². The number of nitrogens with zero attached hydrogens (tertiary/aromatic N) is 2. The number of alkyl halides is 1. The molecule has 4 unspecified atom stereocenters. The highest BCUT2D eigenvalue weighted by Crippen LogP contribution is 2.35. The van der Waals surface area contributed by atoms with Crippen LogP contribution in [0.1, 0.15) is 47.0 Å². The van der Waals surface area contributed by atoms with E-state index in [-0.39, 0.29) is 11.3 Å². The van der Waals surface area contributed by atoms with E-state index in [2.05, 4.69) is 30.2 Å². The Balaban J connectivity index is 2.28. The lowest BCUT2D eigenvalue weighted by atomic mass is 9.99. The van der Waals surface area contributed by atoms with Gasteiger partial charge in [-0.25, -0.2) is 4.39 Å². The zero-order chi connectivity index (χ0) is 20.0. The molecule has 0 aromatic rings. The van der Waals surface area contributed by atoms with E-state index in [1.165, 1.54) is 6.92 Å². The van der Waals surface area contributed by atoms with E-state index < -0.39 is 6.17 Å². The van der Waals surface area contributed by atoms with Gasteiger partial charge in [0.1, 0.15) is 12.0 Å². The van der Waals surface area contributed by atoms with Crippen molar-refractivity contribution >= 4 is 23.3 Å². The van der Waals surface area contributed by atoms with Crippen LogP contribution in [0.4, 0.5) is 4.39 Å². The second-order valence-electron chi connectivity index (χ2n) is 7.42. The van der Waals surface area contributed by atoms with Gasteiger partial charge in [0, 0.05) is 30.3 Å². The molecule has 150 valence electrons. The third kappa shape index (κ3) is 5.55. The summed E-state index contributed by atoms with van der Waals surface area (Å²) in [4.78, 5) is 7.15. The lowest BCUT2D eigenvalue weighted by Crippen LogP contribution is -2.42. The third-order valence-corrected chi connectivity index (χ3v) is 6.47. The summed E-state index contributed by atoms with van der Waals surface area (Å²) >= 11 is 1.81. The molecule has 6 heteroatoms. The van der Waals surface area contributed by atoms with Crippen molar-refractivity contribution in [2.45, 2.75) is 64.4 Å². The van der Waals surface area contributed by atoms with E-state index in [1.54, 1.807) is 12.2 Å². The first-order valence-corrected chi connectivity index (χ1v) is 10.8. The Morgan fingerprint density at radius 2 is 2.22 bits per heavy atom. The first-order valence-electron chi connectivity index (χ1n) is 9.84. The Labute approximate surface area is 167 Å². The van der Waals surface area contributed by atoms with Gasteiger partial charge in [-0.2, -0.15) is 0 Å². The fourth-order valence-electron chi connectivity index (χ4n) is 3.41. The van der Waals surface area contributed by atoms with E-state index in [9.17, 15) is 4.39 Å². The summed E-state index contributed by atoms with van der Waals surface area (Å²) in [6.45, 7) is 9.29. The summed E-state index contributed by atoms with van der Waals surface area (Å²) in [5.74, 6) is 1.59. The van der Waals surface area contributed by atoms with Gasteiger partial charge in [0.2, 0.25) is 0 Å². The number of hydrogen-bond donors (Lipinski definition) is 2. The fraction of sp³-hybridized carbons (Fsp3) is 0.619. The van der Waals surface area contributed by atoms with Crippen molar-refractivity contribution in [3.63, 3.8) is 0 Å². The molecule has 1 fully saturated rings. The molecular formula is C21H33FN4S. The summed E-state index contributed by atoms with van der Waals surface area (Å²) in [5, 5.41) is 10.8. The Kier molecular flexibility index (Phi) is 8.29. The van der Waals surface area contributed by atoms with Crippen molar-refractivity contribution in [1.82, 2.24) is 4.90 Å². The molecule has 2 aliphatic rings. The molecule has 27 heavy (non-hydrogen) atoms. The van der Waals surface area contributed by atoms with Crippen LogP contribution in [-0.2, 0) is 0 Å². The number of rotatable bonds is 9. The molecule has 3 N–H and O–H groups in total. The van der Waals surface area contributed by atoms with Crippen molar-refractivity contribution in [3.05, 3.63) is 34.9 Å². The molecule has 0 aromatic carbocycles. The van der Waals surface area contributed by atoms with E-state index in [0.29, 0.717) is 24.6 Å². The topological polar surface area (TPSA) is 65.5 Å². The zero-order valence-electron chi connectivity index (χ0n) is 16.9. The first-order chi connectivity index (χ1) is 12.9. The van der Waals surface area contributed by atoms with Gasteiger partial charge in [-0.3, -0.25) is 4.99 Å². The van der Waals surface area contributed by atoms with E-state index >= 15 is 0 Å². The minimum atomic E-state index is -0.890. The monoisotopic (exact) mass is 392 g/mol. The molecule has 4 nitrogen and oxygen atoms in total. The van der Waals surface area contributed by atoms with Crippen LogP contribution in [0.15, 0.2) is 39.9 Å². The van der Waals surface area contributed by atoms with Gasteiger partial charge in [-0.1, -0.05) is 32.4 Å². The molecule has 0 saturated carbocycles. The van der Waals surface area contributed by atoms with Gasteiger partial charge in [-0.15, -0.1) is 11.8 Å². The van der Waals surface area contributed by atoms with Crippen LogP contribution in [0.2, 0.25) is 0 Å². The standard InChI is InChI=1S/C21H33FN4S/c1-5-10-27-20(14(3)6-2)21-25-12-17(18(24)9-7-8-15(4)22)19-11-16(23)13-26(19)21/h5,7,9-10,14-16,20,24H,6,8,11-13,23H2,1-4H3/b9-7-,10-5-,24-18?. The van der Waals surface area contributed by atoms with Crippen molar-refractivity contribution in [2.24, 2.45) is 16.6 Å². The van der Waals surface area contributed by atoms with Crippen LogP contribution >= 0.6 is 11.8 Å². The second kappa shape index (κ2) is 10.2. The fourth-order valence-corrected chi connectivity index (χ4v) is 4.52. The Morgan fingerprint density at radius 1 is 1.48 bits per heavy atom. The Bertz CT molecular complexity index is 651. The second-order valence-corrected chi connectivity index (χ2v) is 8.47. The first kappa shape index (κ1) is 21.9. The van der Waals surface area contributed by atoms with Gasteiger partial charge in [0.15, 0.2) is 0 Å². The summed E-state index contributed by atoms with van der Waals surface area (Å²) < 4.78 is 13.0. The number of allylic oxidation sites excluding steroid dienone is 3. The molecule has 0 aliphatic carbocycles. The van der Waals surface area contributed by atoms with Gasteiger partial charge in [0.25, 0.3) is 0 Å². The minimum Gasteiger partial charge on any atom is -0.331 e. The maximum absolute atomic E-state index is 13.0. The lowest BCUT2D eigenvalue weighted by molar-refractivity contribution is 0.365. The molecule has 2 rings (SSSR count). The van der Waals surface area contributed by atoms with E-state index in [4.69, 9.17) is 16.1 Å². The van der Waals surface area contributed by atoms with Crippen LogP contribution in [-0.4, -0.2) is 47.0 Å². The Hall–Kier alpha value is -1.40. The molecule has 0 spiro atoms. The van der Waals surface area contributed by atoms with E-state index in [1.807, 2.05) is 18.7 Å². The molecule has 0 amide bonds. The van der Waals surface area contributed by atoms with Gasteiger partial charge in [-0.05, 0) is 37.7 Å². The number of hydrogen-bond acceptors (Lipinski definition) is 5. The Morgan fingerprint density at radius 3 is 2.85 bits per heavy atom. The lowest BCUT2D eigenvalue weighted by Gasteiger charge is -2.34. The van der Waals surface area contributed by atoms with Crippen molar-refractivity contribution in [1.29, 1.82) is 5.41 Å². The average Bonchev–Trinajstić information content (AvgIpc) is 3.02. The number of thioether (sulfide) groups is 1. The van der Waals surface area contributed by atoms with Crippen LogP contribution < -0.4 is 5.73 Å². The third-order valence-electron chi connectivity index (χ3n) is 5.07. The maximum Gasteiger partial charge on any atom is 0.117 e. The molecule has 1 saturated heterocycles. The van der Waals surface area contributed by atoms with Crippen molar-refractivity contribution in [2.75, 3.05) is 13.1 Å². The zero-order valence-corrected chi connectivity index (χ0v) is 17.7. The quantitative estimate of drug-likeness (QED) is 0.559. The molecule has 2 aliphatic heterocycles. The normalized spacial score (nSPS) is 23.7. The smallest absolute Gasteiger partial charge is 0.117 e. The maximum atomic E-state index is 13.0. The van der Waals surface area contributed by atoms with Gasteiger partial charge < -0.3 is 16.0 Å². The highest BCUT2D eigenvalue weighted by Gasteiger charge is 2.37. The largest absolute Gasteiger partial charge is 0.331 e. The minimum absolute atomic E-state index is 0.0604. The van der Waals surface area contributed by atoms with E-state index in [0.717, 1.165) is 36.5 Å². The summed E-state index contributed by atoms with van der Waals surface area (Å²) in [7, 11) is 0. The molecular weight excluding hydrogens is 359 g/mol. The molecule has 0 radical (unpaired) electrons. The van der Waals surface area contributed by atoms with Crippen LogP contribution in [0.5, 0.6) is 0 Å². The van der Waals surface area contributed by atoms with Crippen molar-refractivity contribution < 1.29 is 4.39 Å². The number of fused-ring (bicyclic) bond motifs is 1. The highest BCUT2D eigenvalue weighted by molar-refractivity contribution is 8.03. The van der Waals surface area contributed by atoms with Gasteiger partial charge >= 0.3 is 0 Å². The predicted molar refractivity (Wildman–Crippen MR) is 116 cm³/mol. The number of nitrogens with one attached hydrogen (secondary N) is 1. The summed E-state index contributed by atoms with van der Waals surface area (Å²) in [6, 6.07) is 0.0604. The number of amidine groups is 1. The number of halogens is 1. The average molecular weight is 393 g/mol. The highest BCUT2D eigenvalue weighted by atomic mass is 32.2. The predicted octanol–water partition coefficient (Wildman–Crippen LogP) is 4.69. The molecule has 2 heterocycles. The van der Waals surface area contributed by atoms with Crippen LogP contribution in [0.3, 0.4) is 0 Å². The molecule has 0 aromatic heterocycles. The van der Waals surface area contributed by atoms with Gasteiger partial charge in [0.05, 0.1) is 17.5 Å². The van der Waals surface area contributed by atoms with Crippen LogP contribution in [0, 0.1) is 11.3 Å². The summed E-state index contributed by atoms with van der Waals surface area (Å²) in [5.41, 5.74) is 8.76. The molecule has 0 bridgehead atoms. The molecule has 4 atom stereocenters. The van der Waals surface area contributed by atoms with Crippen LogP contribution in [0.25, 0.3) is 0 Å². The number of aliphatic imine (C=N–C) groups is 1. The number of nitrogens with two attached hydrogens (primary N) is 1.